The first-order valence-electron chi connectivity index (χ1n) is 9.16. The largest absolute Gasteiger partial charge is 0.493 e. The van der Waals surface area contributed by atoms with Gasteiger partial charge in [-0.05, 0) is 37.1 Å². The van der Waals surface area contributed by atoms with Crippen molar-refractivity contribution in [1.82, 2.24) is 9.97 Å². The fraction of sp³-hybridized carbons (Fsp3) is 0.381. The van der Waals surface area contributed by atoms with Gasteiger partial charge < -0.3 is 14.5 Å². The van der Waals surface area contributed by atoms with Crippen molar-refractivity contribution in [2.75, 3.05) is 13.2 Å². The lowest BCUT2D eigenvalue weighted by Gasteiger charge is -2.12. The van der Waals surface area contributed by atoms with Crippen molar-refractivity contribution >= 4 is 11.0 Å². The van der Waals surface area contributed by atoms with Gasteiger partial charge >= 0.3 is 0 Å². The minimum Gasteiger partial charge on any atom is -0.493 e. The summed E-state index contributed by atoms with van der Waals surface area (Å²) in [4.78, 5) is 8.08. The average Bonchev–Trinajstić information content (AvgIpc) is 3.06. The van der Waals surface area contributed by atoms with Gasteiger partial charge in [0.1, 0.15) is 17.3 Å². The summed E-state index contributed by atoms with van der Waals surface area (Å²) in [6.07, 6.45) is 4.31. The van der Waals surface area contributed by atoms with Gasteiger partial charge in [0.2, 0.25) is 0 Å². The Balaban J connectivity index is 1.89. The summed E-state index contributed by atoms with van der Waals surface area (Å²) < 4.78 is 11.9. The maximum Gasteiger partial charge on any atom is 0.142 e. The fourth-order valence-corrected chi connectivity index (χ4v) is 2.65. The number of unbranched alkanes of at least 4 members (excludes halogenated alkanes) is 2. The number of H-pyrrole nitrogens is 1. The molecule has 132 valence electrons. The van der Waals surface area contributed by atoms with Crippen LogP contribution in [-0.2, 0) is 0 Å². The molecule has 0 amide bonds. The van der Waals surface area contributed by atoms with Gasteiger partial charge in [-0.15, -0.1) is 0 Å². The number of aromatic nitrogens is 2. The predicted octanol–water partition coefficient (Wildman–Crippen LogP) is 5.59. The summed E-state index contributed by atoms with van der Waals surface area (Å²) in [5.41, 5.74) is 2.95. The second-order valence-corrected chi connectivity index (χ2v) is 6.16. The molecule has 4 heteroatoms. The van der Waals surface area contributed by atoms with Gasteiger partial charge in [0.15, 0.2) is 0 Å². The van der Waals surface area contributed by atoms with Crippen LogP contribution < -0.4 is 9.47 Å². The Bertz CT molecular complexity index is 778. The zero-order valence-electron chi connectivity index (χ0n) is 15.0. The molecule has 0 saturated heterocycles. The van der Waals surface area contributed by atoms with Crippen LogP contribution in [0.2, 0.25) is 0 Å². The first kappa shape index (κ1) is 17.3. The van der Waals surface area contributed by atoms with Crippen molar-refractivity contribution in [1.29, 1.82) is 0 Å². The summed E-state index contributed by atoms with van der Waals surface area (Å²) >= 11 is 0. The summed E-state index contributed by atoms with van der Waals surface area (Å²) in [5, 5.41) is 0. The number of rotatable bonds is 9. The van der Waals surface area contributed by atoms with E-state index in [1.165, 1.54) is 0 Å². The number of imidazole rings is 1. The highest BCUT2D eigenvalue weighted by Gasteiger charge is 2.12. The van der Waals surface area contributed by atoms with Crippen LogP contribution >= 0.6 is 0 Å². The van der Waals surface area contributed by atoms with Crippen molar-refractivity contribution in [2.45, 2.75) is 39.5 Å². The minimum atomic E-state index is 0.697. The second kappa shape index (κ2) is 8.56. The van der Waals surface area contributed by atoms with Crippen molar-refractivity contribution < 1.29 is 9.47 Å². The Kier molecular flexibility index (Phi) is 5.94. The third-order valence-corrected chi connectivity index (χ3v) is 4.12. The molecule has 1 heterocycles. The monoisotopic (exact) mass is 338 g/mol. The van der Waals surface area contributed by atoms with Crippen LogP contribution in [-0.4, -0.2) is 23.2 Å². The number of hydrogen-bond donors (Lipinski definition) is 1. The molecule has 1 N–H and O–H groups in total. The summed E-state index contributed by atoms with van der Waals surface area (Å²) in [5.74, 6) is 2.49. The lowest BCUT2D eigenvalue weighted by atomic mass is 10.1. The van der Waals surface area contributed by atoms with Gasteiger partial charge in [-0.1, -0.05) is 38.8 Å². The Hall–Kier alpha value is -2.49. The number of aromatic amines is 1. The molecular weight excluding hydrogens is 312 g/mol. The Morgan fingerprint density at radius 3 is 2.44 bits per heavy atom. The molecule has 0 fully saturated rings. The van der Waals surface area contributed by atoms with Gasteiger partial charge in [-0.2, -0.15) is 0 Å². The van der Waals surface area contributed by atoms with E-state index >= 15 is 0 Å². The molecule has 2 aromatic carbocycles. The van der Waals surface area contributed by atoms with Crippen LogP contribution in [0.3, 0.4) is 0 Å². The average molecular weight is 338 g/mol. The molecule has 3 aromatic rings. The Labute approximate surface area is 149 Å². The van der Waals surface area contributed by atoms with Crippen LogP contribution in [0.15, 0.2) is 42.5 Å². The molecule has 0 saturated carbocycles. The van der Waals surface area contributed by atoms with Gasteiger partial charge in [-0.3, -0.25) is 0 Å². The van der Waals surface area contributed by atoms with E-state index in [0.717, 1.165) is 66.2 Å². The smallest absolute Gasteiger partial charge is 0.142 e. The summed E-state index contributed by atoms with van der Waals surface area (Å²) in [7, 11) is 0. The van der Waals surface area contributed by atoms with Crippen molar-refractivity contribution in [3.8, 4) is 22.9 Å². The topological polar surface area (TPSA) is 47.1 Å². The van der Waals surface area contributed by atoms with E-state index in [9.17, 15) is 0 Å². The number of hydrogen-bond acceptors (Lipinski definition) is 3. The molecule has 3 rings (SSSR count). The molecule has 0 aliphatic carbocycles. The van der Waals surface area contributed by atoms with Gasteiger partial charge in [0.25, 0.3) is 0 Å². The molecule has 0 atom stereocenters. The Morgan fingerprint density at radius 2 is 1.68 bits per heavy atom. The number of ether oxygens (including phenoxy) is 2. The van der Waals surface area contributed by atoms with Gasteiger partial charge in [0, 0.05) is 6.07 Å². The van der Waals surface area contributed by atoms with Crippen molar-refractivity contribution in [2.24, 2.45) is 0 Å². The summed E-state index contributed by atoms with van der Waals surface area (Å²) in [6.45, 7) is 5.75. The number of benzene rings is 2. The first-order valence-corrected chi connectivity index (χ1v) is 9.16. The highest BCUT2D eigenvalue weighted by Crippen LogP contribution is 2.33. The highest BCUT2D eigenvalue weighted by molar-refractivity contribution is 5.80. The van der Waals surface area contributed by atoms with Crippen LogP contribution in [0.5, 0.6) is 11.5 Å². The molecule has 4 nitrogen and oxygen atoms in total. The standard InChI is InChI=1S/C21H26N2O2/c1-3-5-13-24-16-11-12-17(20(15-16)25-14-6-4-2)21-22-18-9-7-8-10-19(18)23-21/h7-12,15H,3-6,13-14H2,1-2H3,(H,22,23). The van der Waals surface area contributed by atoms with E-state index in [4.69, 9.17) is 14.5 Å². The fourth-order valence-electron chi connectivity index (χ4n) is 2.65. The molecule has 0 radical (unpaired) electrons. The van der Waals surface area contributed by atoms with Crippen LogP contribution in [0.4, 0.5) is 0 Å². The van der Waals surface area contributed by atoms with Gasteiger partial charge in [-0.25, -0.2) is 4.98 Å². The van der Waals surface area contributed by atoms with Crippen LogP contribution in [0.25, 0.3) is 22.4 Å². The third-order valence-electron chi connectivity index (χ3n) is 4.12. The molecule has 1 aromatic heterocycles. The SMILES string of the molecule is CCCCOc1ccc(-c2nc3ccccc3[nH]2)c(OCCCC)c1. The molecule has 0 aliphatic rings. The molecular formula is C21H26N2O2. The molecule has 0 spiro atoms. The minimum absolute atomic E-state index is 0.697. The van der Waals surface area contributed by atoms with Gasteiger partial charge in [0.05, 0.1) is 29.8 Å². The molecule has 25 heavy (non-hydrogen) atoms. The van der Waals surface area contributed by atoms with E-state index in [1.54, 1.807) is 0 Å². The highest BCUT2D eigenvalue weighted by atomic mass is 16.5. The Morgan fingerprint density at radius 1 is 0.920 bits per heavy atom. The van der Waals surface area contributed by atoms with E-state index < -0.39 is 0 Å². The zero-order chi connectivity index (χ0) is 17.5. The first-order chi connectivity index (χ1) is 12.3. The summed E-state index contributed by atoms with van der Waals surface area (Å²) in [6, 6.07) is 14.0. The lowest BCUT2D eigenvalue weighted by Crippen LogP contribution is -2.01. The van der Waals surface area contributed by atoms with E-state index in [1.807, 2.05) is 42.5 Å². The third kappa shape index (κ3) is 4.32. The zero-order valence-corrected chi connectivity index (χ0v) is 15.0. The van der Waals surface area contributed by atoms with Crippen LogP contribution in [0, 0.1) is 0 Å². The van der Waals surface area contributed by atoms with E-state index in [2.05, 4.69) is 18.8 Å². The van der Waals surface area contributed by atoms with Crippen LogP contribution in [0.1, 0.15) is 39.5 Å². The second-order valence-electron chi connectivity index (χ2n) is 6.16. The maximum atomic E-state index is 6.03. The number of nitrogens with zero attached hydrogens (tertiary/aromatic N) is 1. The van der Waals surface area contributed by atoms with E-state index in [0.29, 0.717) is 6.61 Å². The van der Waals surface area contributed by atoms with E-state index in [-0.39, 0.29) is 0 Å². The molecule has 0 bridgehead atoms. The number of nitrogens with one attached hydrogen (secondary N) is 1. The van der Waals surface area contributed by atoms with Crippen molar-refractivity contribution in [3.63, 3.8) is 0 Å². The number of fused-ring (bicyclic) bond motifs is 1. The lowest BCUT2D eigenvalue weighted by molar-refractivity contribution is 0.295. The van der Waals surface area contributed by atoms with Crippen molar-refractivity contribution in [3.05, 3.63) is 42.5 Å². The number of para-hydroxylation sites is 2. The maximum absolute atomic E-state index is 6.03. The molecule has 0 unspecified atom stereocenters. The predicted molar refractivity (Wildman–Crippen MR) is 102 cm³/mol. The molecule has 0 aliphatic heterocycles. The quantitative estimate of drug-likeness (QED) is 0.517. The normalized spacial score (nSPS) is 11.0.